The largest absolute Gasteiger partial charge is 0.383 e. The molecule has 0 aromatic carbocycles. The van der Waals surface area contributed by atoms with E-state index in [0.717, 1.165) is 29.9 Å². The van der Waals surface area contributed by atoms with E-state index in [0.29, 0.717) is 5.82 Å². The van der Waals surface area contributed by atoms with Gasteiger partial charge in [0.1, 0.15) is 11.6 Å². The average molecular weight is 216 g/mol. The standard InChI is InChI=1S/C12H16N4/c1-3-5-16-6-4-14-12(16)10-7-9(2)11(13)15-8-10/h4,6-8H,3,5H2,1-2H3,(H2,13,15). The molecule has 84 valence electrons. The summed E-state index contributed by atoms with van der Waals surface area (Å²) in [7, 11) is 0. The zero-order valence-corrected chi connectivity index (χ0v) is 9.64. The molecule has 0 atom stereocenters. The molecular weight excluding hydrogens is 200 g/mol. The highest BCUT2D eigenvalue weighted by atomic mass is 15.1. The van der Waals surface area contributed by atoms with Crippen LogP contribution in [-0.4, -0.2) is 14.5 Å². The van der Waals surface area contributed by atoms with E-state index in [9.17, 15) is 0 Å². The van der Waals surface area contributed by atoms with E-state index in [2.05, 4.69) is 21.5 Å². The highest BCUT2D eigenvalue weighted by molar-refractivity contribution is 5.58. The van der Waals surface area contributed by atoms with Crippen LogP contribution in [0.2, 0.25) is 0 Å². The van der Waals surface area contributed by atoms with Gasteiger partial charge in [0.2, 0.25) is 0 Å². The van der Waals surface area contributed by atoms with E-state index in [-0.39, 0.29) is 0 Å². The topological polar surface area (TPSA) is 56.7 Å². The number of hydrogen-bond donors (Lipinski definition) is 1. The summed E-state index contributed by atoms with van der Waals surface area (Å²) < 4.78 is 2.13. The Labute approximate surface area is 95.1 Å². The molecule has 0 aliphatic heterocycles. The first-order valence-electron chi connectivity index (χ1n) is 5.46. The second-order valence-corrected chi connectivity index (χ2v) is 3.87. The van der Waals surface area contributed by atoms with E-state index in [1.54, 1.807) is 6.20 Å². The summed E-state index contributed by atoms with van der Waals surface area (Å²) in [6.07, 6.45) is 6.67. The van der Waals surface area contributed by atoms with Gasteiger partial charge in [0, 0.05) is 30.7 Å². The summed E-state index contributed by atoms with van der Waals surface area (Å²) in [6, 6.07) is 2.02. The van der Waals surface area contributed by atoms with Gasteiger partial charge in [-0.3, -0.25) is 0 Å². The number of nitrogens with zero attached hydrogens (tertiary/aromatic N) is 3. The van der Waals surface area contributed by atoms with Crippen molar-refractivity contribution >= 4 is 5.82 Å². The maximum atomic E-state index is 5.70. The van der Waals surface area contributed by atoms with Gasteiger partial charge in [-0.15, -0.1) is 0 Å². The number of anilines is 1. The van der Waals surface area contributed by atoms with E-state index in [1.807, 2.05) is 25.4 Å². The summed E-state index contributed by atoms with van der Waals surface area (Å²) in [5.74, 6) is 1.54. The molecule has 0 unspecified atom stereocenters. The molecule has 0 fully saturated rings. The first kappa shape index (κ1) is 10.7. The lowest BCUT2D eigenvalue weighted by Gasteiger charge is -2.07. The van der Waals surface area contributed by atoms with E-state index >= 15 is 0 Å². The van der Waals surface area contributed by atoms with Gasteiger partial charge in [-0.25, -0.2) is 9.97 Å². The predicted molar refractivity (Wildman–Crippen MR) is 64.9 cm³/mol. The van der Waals surface area contributed by atoms with Crippen LogP contribution < -0.4 is 5.73 Å². The van der Waals surface area contributed by atoms with Crippen molar-refractivity contribution in [1.29, 1.82) is 0 Å². The summed E-state index contributed by atoms with van der Waals surface area (Å²) in [5, 5.41) is 0. The Balaban J connectivity index is 2.42. The molecule has 0 spiro atoms. The Kier molecular flexibility index (Phi) is 2.90. The first-order valence-corrected chi connectivity index (χ1v) is 5.46. The van der Waals surface area contributed by atoms with Crippen molar-refractivity contribution in [3.8, 4) is 11.4 Å². The fourth-order valence-electron chi connectivity index (χ4n) is 1.70. The van der Waals surface area contributed by atoms with Crippen LogP contribution in [0.1, 0.15) is 18.9 Å². The summed E-state index contributed by atoms with van der Waals surface area (Å²) in [5.41, 5.74) is 7.71. The average Bonchev–Trinajstić information content (AvgIpc) is 2.71. The number of hydrogen-bond acceptors (Lipinski definition) is 3. The lowest BCUT2D eigenvalue weighted by Crippen LogP contribution is -2.00. The van der Waals surface area contributed by atoms with Crippen molar-refractivity contribution in [1.82, 2.24) is 14.5 Å². The summed E-state index contributed by atoms with van der Waals surface area (Å²) in [4.78, 5) is 8.52. The molecule has 0 aliphatic carbocycles. The molecule has 0 bridgehead atoms. The molecule has 4 heteroatoms. The fraction of sp³-hybridized carbons (Fsp3) is 0.333. The SMILES string of the molecule is CCCn1ccnc1-c1cnc(N)c(C)c1. The monoisotopic (exact) mass is 216 g/mol. The quantitative estimate of drug-likeness (QED) is 0.856. The third kappa shape index (κ3) is 1.91. The van der Waals surface area contributed by atoms with Crippen molar-refractivity contribution in [2.45, 2.75) is 26.8 Å². The number of nitrogen functional groups attached to an aromatic ring is 1. The van der Waals surface area contributed by atoms with Crippen LogP contribution in [0.4, 0.5) is 5.82 Å². The zero-order chi connectivity index (χ0) is 11.5. The van der Waals surface area contributed by atoms with Gasteiger partial charge in [-0.1, -0.05) is 6.92 Å². The maximum Gasteiger partial charge on any atom is 0.141 e. The van der Waals surface area contributed by atoms with Crippen molar-refractivity contribution in [3.05, 3.63) is 30.2 Å². The van der Waals surface area contributed by atoms with Crippen LogP contribution in [0.3, 0.4) is 0 Å². The summed E-state index contributed by atoms with van der Waals surface area (Å²) in [6.45, 7) is 5.08. The molecule has 2 aromatic rings. The van der Waals surface area contributed by atoms with Crippen LogP contribution in [-0.2, 0) is 6.54 Å². The second-order valence-electron chi connectivity index (χ2n) is 3.87. The second kappa shape index (κ2) is 4.35. The first-order chi connectivity index (χ1) is 7.72. The molecule has 0 amide bonds. The smallest absolute Gasteiger partial charge is 0.141 e. The predicted octanol–water partition coefficient (Wildman–Crippen LogP) is 2.25. The Bertz CT molecular complexity index is 488. The van der Waals surface area contributed by atoms with Crippen LogP contribution in [0.5, 0.6) is 0 Å². The highest BCUT2D eigenvalue weighted by Gasteiger charge is 2.06. The molecule has 4 nitrogen and oxygen atoms in total. The van der Waals surface area contributed by atoms with Gasteiger partial charge < -0.3 is 10.3 Å². The van der Waals surface area contributed by atoms with Crippen LogP contribution in [0, 0.1) is 6.92 Å². The van der Waals surface area contributed by atoms with Crippen LogP contribution >= 0.6 is 0 Å². The molecule has 0 radical (unpaired) electrons. The maximum absolute atomic E-state index is 5.70. The molecule has 0 saturated heterocycles. The Morgan fingerprint density at radius 2 is 2.19 bits per heavy atom. The van der Waals surface area contributed by atoms with Gasteiger partial charge in [0.05, 0.1) is 0 Å². The van der Waals surface area contributed by atoms with Crippen molar-refractivity contribution in [2.24, 2.45) is 0 Å². The highest BCUT2D eigenvalue weighted by Crippen LogP contribution is 2.20. The minimum absolute atomic E-state index is 0.581. The Morgan fingerprint density at radius 3 is 2.88 bits per heavy atom. The van der Waals surface area contributed by atoms with Gasteiger partial charge in [-0.05, 0) is 25.0 Å². The molecular formula is C12H16N4. The van der Waals surface area contributed by atoms with E-state index in [4.69, 9.17) is 5.73 Å². The molecule has 16 heavy (non-hydrogen) atoms. The number of pyridine rings is 1. The number of rotatable bonds is 3. The molecule has 0 saturated carbocycles. The normalized spacial score (nSPS) is 10.6. The minimum atomic E-state index is 0.581. The van der Waals surface area contributed by atoms with Crippen LogP contribution in [0.25, 0.3) is 11.4 Å². The third-order valence-corrected chi connectivity index (χ3v) is 2.56. The Morgan fingerprint density at radius 1 is 1.38 bits per heavy atom. The molecule has 2 aromatic heterocycles. The van der Waals surface area contributed by atoms with Crippen molar-refractivity contribution < 1.29 is 0 Å². The van der Waals surface area contributed by atoms with E-state index in [1.165, 1.54) is 0 Å². The van der Waals surface area contributed by atoms with Crippen LogP contribution in [0.15, 0.2) is 24.7 Å². The van der Waals surface area contributed by atoms with Crippen molar-refractivity contribution in [2.75, 3.05) is 5.73 Å². The minimum Gasteiger partial charge on any atom is -0.383 e. The molecule has 2 heterocycles. The number of aryl methyl sites for hydroxylation is 2. The van der Waals surface area contributed by atoms with Crippen molar-refractivity contribution in [3.63, 3.8) is 0 Å². The van der Waals surface area contributed by atoms with Gasteiger partial charge in [-0.2, -0.15) is 0 Å². The Hall–Kier alpha value is -1.84. The number of aromatic nitrogens is 3. The zero-order valence-electron chi connectivity index (χ0n) is 9.64. The number of nitrogens with two attached hydrogens (primary N) is 1. The lowest BCUT2D eigenvalue weighted by atomic mass is 10.2. The van der Waals surface area contributed by atoms with Gasteiger partial charge in [0.25, 0.3) is 0 Å². The molecule has 2 rings (SSSR count). The van der Waals surface area contributed by atoms with Gasteiger partial charge in [0.15, 0.2) is 0 Å². The third-order valence-electron chi connectivity index (χ3n) is 2.56. The molecule has 2 N–H and O–H groups in total. The van der Waals surface area contributed by atoms with E-state index < -0.39 is 0 Å². The lowest BCUT2D eigenvalue weighted by molar-refractivity contribution is 0.685. The number of imidazole rings is 1. The summed E-state index contributed by atoms with van der Waals surface area (Å²) >= 11 is 0. The molecule has 0 aliphatic rings. The fourth-order valence-corrected chi connectivity index (χ4v) is 1.70. The van der Waals surface area contributed by atoms with Gasteiger partial charge >= 0.3 is 0 Å².